The van der Waals surface area contributed by atoms with Crippen LogP contribution in [0.5, 0.6) is 5.75 Å². The fourth-order valence-electron chi connectivity index (χ4n) is 3.48. The number of anilines is 2. The van der Waals surface area contributed by atoms with Gasteiger partial charge in [0.25, 0.3) is 11.6 Å². The molecule has 2 aromatic rings. The zero-order valence-corrected chi connectivity index (χ0v) is 19.6. The number of halogens is 1. The highest BCUT2D eigenvalue weighted by Gasteiger charge is 2.30. The number of nitro groups is 1. The highest BCUT2D eigenvalue weighted by Crippen LogP contribution is 2.30. The van der Waals surface area contributed by atoms with Gasteiger partial charge in [0.2, 0.25) is 5.91 Å². The van der Waals surface area contributed by atoms with Gasteiger partial charge in [-0.25, -0.2) is 0 Å². The SMILES string of the molecule is CC(C)(C)C(=O)N1CCN(c2ccc(NC(=O)COc3ccc([N+](=O)[O-])cc3)cc2Cl)CC1. The Bertz CT molecular complexity index is 1030. The number of carbonyl (C=O) groups is 2. The van der Waals surface area contributed by atoms with Crippen molar-refractivity contribution < 1.29 is 19.2 Å². The third-order valence-corrected chi connectivity index (χ3v) is 5.50. The number of non-ortho nitro benzene ring substituents is 1. The molecule has 33 heavy (non-hydrogen) atoms. The first-order chi connectivity index (χ1) is 15.5. The van der Waals surface area contributed by atoms with Crippen LogP contribution in [0.15, 0.2) is 42.5 Å². The van der Waals surface area contributed by atoms with E-state index in [1.165, 1.54) is 24.3 Å². The van der Waals surface area contributed by atoms with Crippen LogP contribution in [0.25, 0.3) is 0 Å². The van der Waals surface area contributed by atoms with E-state index in [2.05, 4.69) is 10.2 Å². The van der Waals surface area contributed by atoms with Crippen molar-refractivity contribution >= 4 is 40.5 Å². The van der Waals surface area contributed by atoms with Crippen LogP contribution in [0.2, 0.25) is 5.02 Å². The van der Waals surface area contributed by atoms with Crippen molar-refractivity contribution in [1.82, 2.24) is 4.90 Å². The highest BCUT2D eigenvalue weighted by atomic mass is 35.5. The van der Waals surface area contributed by atoms with E-state index >= 15 is 0 Å². The third-order valence-electron chi connectivity index (χ3n) is 5.20. The maximum atomic E-state index is 12.5. The summed E-state index contributed by atoms with van der Waals surface area (Å²) in [5.41, 5.74) is 0.924. The average Bonchev–Trinajstić information content (AvgIpc) is 2.77. The molecule has 1 fully saturated rings. The number of rotatable bonds is 6. The Morgan fingerprint density at radius 1 is 1.09 bits per heavy atom. The molecule has 9 nitrogen and oxygen atoms in total. The minimum Gasteiger partial charge on any atom is -0.484 e. The molecule has 1 saturated heterocycles. The van der Waals surface area contributed by atoms with Crippen molar-refractivity contribution in [2.45, 2.75) is 20.8 Å². The Morgan fingerprint density at radius 3 is 2.27 bits per heavy atom. The quantitative estimate of drug-likeness (QED) is 0.502. The molecular formula is C23H27ClN4O5. The number of carbonyl (C=O) groups excluding carboxylic acids is 2. The number of nitrogens with one attached hydrogen (secondary N) is 1. The van der Waals surface area contributed by atoms with Crippen molar-refractivity contribution in [3.05, 3.63) is 57.6 Å². The number of hydrogen-bond donors (Lipinski definition) is 1. The van der Waals surface area contributed by atoms with Crippen LogP contribution in [0, 0.1) is 15.5 Å². The van der Waals surface area contributed by atoms with Gasteiger partial charge in [-0.05, 0) is 30.3 Å². The number of nitrogens with zero attached hydrogens (tertiary/aromatic N) is 3. The lowest BCUT2D eigenvalue weighted by Crippen LogP contribution is -2.51. The van der Waals surface area contributed by atoms with E-state index in [9.17, 15) is 19.7 Å². The predicted octanol–water partition coefficient (Wildman–Crippen LogP) is 3.96. The van der Waals surface area contributed by atoms with Crippen LogP contribution in [-0.2, 0) is 9.59 Å². The number of hydrogen-bond acceptors (Lipinski definition) is 6. The molecule has 176 valence electrons. The van der Waals surface area contributed by atoms with Gasteiger partial charge < -0.3 is 19.9 Å². The Kier molecular flexibility index (Phi) is 7.43. The number of nitro benzene ring substituents is 1. The normalized spacial score (nSPS) is 14.1. The smallest absolute Gasteiger partial charge is 0.269 e. The van der Waals surface area contributed by atoms with Gasteiger partial charge in [0, 0.05) is 49.4 Å². The fourth-order valence-corrected chi connectivity index (χ4v) is 3.78. The summed E-state index contributed by atoms with van der Waals surface area (Å²) in [7, 11) is 0. The largest absolute Gasteiger partial charge is 0.484 e. The summed E-state index contributed by atoms with van der Waals surface area (Å²) in [6, 6.07) is 10.8. The van der Waals surface area contributed by atoms with E-state index in [1.54, 1.807) is 12.1 Å². The lowest BCUT2D eigenvalue weighted by molar-refractivity contribution is -0.384. The second-order valence-corrected chi connectivity index (χ2v) is 9.19. The second kappa shape index (κ2) is 10.1. The first kappa shape index (κ1) is 24.3. The van der Waals surface area contributed by atoms with Crippen LogP contribution < -0.4 is 15.0 Å². The number of amides is 2. The summed E-state index contributed by atoms with van der Waals surface area (Å²) in [6.45, 7) is 8.12. The molecule has 2 amide bonds. The van der Waals surface area contributed by atoms with Crippen molar-refractivity contribution in [1.29, 1.82) is 0 Å². The minimum atomic E-state index is -0.505. The third kappa shape index (κ3) is 6.35. The first-order valence-corrected chi connectivity index (χ1v) is 10.9. The maximum Gasteiger partial charge on any atom is 0.269 e. The van der Waals surface area contributed by atoms with Crippen LogP contribution in [0.1, 0.15) is 20.8 Å². The van der Waals surface area contributed by atoms with Gasteiger partial charge in [-0.15, -0.1) is 0 Å². The van der Waals surface area contributed by atoms with Gasteiger partial charge >= 0.3 is 0 Å². The van der Waals surface area contributed by atoms with Crippen LogP contribution in [-0.4, -0.2) is 54.4 Å². The van der Waals surface area contributed by atoms with Crippen molar-refractivity contribution in [2.75, 3.05) is 43.0 Å². The lowest BCUT2D eigenvalue weighted by Gasteiger charge is -2.39. The molecule has 1 heterocycles. The zero-order valence-electron chi connectivity index (χ0n) is 18.8. The topological polar surface area (TPSA) is 105 Å². The molecule has 1 aliphatic heterocycles. The van der Waals surface area contributed by atoms with Gasteiger partial charge in [-0.2, -0.15) is 0 Å². The lowest BCUT2D eigenvalue weighted by atomic mass is 9.94. The molecule has 0 spiro atoms. The van der Waals surface area contributed by atoms with E-state index < -0.39 is 10.3 Å². The van der Waals surface area contributed by atoms with E-state index in [0.29, 0.717) is 42.6 Å². The molecule has 3 rings (SSSR count). The Hall–Kier alpha value is -3.33. The summed E-state index contributed by atoms with van der Waals surface area (Å²) in [5, 5.41) is 13.9. The van der Waals surface area contributed by atoms with Gasteiger partial charge in [0.1, 0.15) is 5.75 Å². The molecule has 0 atom stereocenters. The van der Waals surface area contributed by atoms with Crippen molar-refractivity contribution in [3.63, 3.8) is 0 Å². The standard InChI is InChI=1S/C23H27ClN4O5/c1-23(2,3)22(30)27-12-10-26(11-13-27)20-9-4-16(14-19(20)24)25-21(29)15-33-18-7-5-17(6-8-18)28(31)32/h4-9,14H,10-13,15H2,1-3H3,(H,25,29). The Morgan fingerprint density at radius 2 is 1.73 bits per heavy atom. The first-order valence-electron chi connectivity index (χ1n) is 10.6. The average molecular weight is 475 g/mol. The second-order valence-electron chi connectivity index (χ2n) is 8.78. The van der Waals surface area contributed by atoms with Crippen molar-refractivity contribution in [2.24, 2.45) is 5.41 Å². The summed E-state index contributed by atoms with van der Waals surface area (Å²) in [6.07, 6.45) is 0. The summed E-state index contributed by atoms with van der Waals surface area (Å²) in [4.78, 5) is 38.9. The number of piperazine rings is 1. The van der Waals surface area contributed by atoms with E-state index in [1.807, 2.05) is 31.7 Å². The summed E-state index contributed by atoms with van der Waals surface area (Å²) >= 11 is 6.47. The molecule has 0 saturated carbocycles. The van der Waals surface area contributed by atoms with Gasteiger partial charge in [-0.1, -0.05) is 32.4 Å². The molecular weight excluding hydrogens is 448 g/mol. The Balaban J connectivity index is 1.52. The van der Waals surface area contributed by atoms with E-state index in [4.69, 9.17) is 16.3 Å². The molecule has 0 aliphatic carbocycles. The van der Waals surface area contributed by atoms with Crippen LogP contribution in [0.4, 0.5) is 17.1 Å². The molecule has 0 aromatic heterocycles. The minimum absolute atomic E-state index is 0.0521. The summed E-state index contributed by atoms with van der Waals surface area (Å²) < 4.78 is 5.37. The monoisotopic (exact) mass is 474 g/mol. The number of benzene rings is 2. The molecule has 0 radical (unpaired) electrons. The molecule has 0 unspecified atom stereocenters. The van der Waals surface area contributed by atoms with Crippen LogP contribution >= 0.6 is 11.6 Å². The summed E-state index contributed by atoms with van der Waals surface area (Å²) in [5.74, 6) is 0.113. The molecule has 0 bridgehead atoms. The fraction of sp³-hybridized carbons (Fsp3) is 0.391. The maximum absolute atomic E-state index is 12.5. The van der Waals surface area contributed by atoms with Gasteiger partial charge in [-0.3, -0.25) is 19.7 Å². The predicted molar refractivity (Wildman–Crippen MR) is 127 cm³/mol. The molecule has 10 heteroatoms. The van der Waals surface area contributed by atoms with Gasteiger partial charge in [0.05, 0.1) is 15.6 Å². The van der Waals surface area contributed by atoms with Crippen molar-refractivity contribution in [3.8, 4) is 5.75 Å². The highest BCUT2D eigenvalue weighted by molar-refractivity contribution is 6.33. The number of ether oxygens (including phenoxy) is 1. The molecule has 1 N–H and O–H groups in total. The Labute approximate surface area is 197 Å². The van der Waals surface area contributed by atoms with Crippen LogP contribution in [0.3, 0.4) is 0 Å². The van der Waals surface area contributed by atoms with Gasteiger partial charge in [0.15, 0.2) is 6.61 Å². The molecule has 1 aliphatic rings. The molecule has 2 aromatic carbocycles. The zero-order chi connectivity index (χ0) is 24.2. The van der Waals surface area contributed by atoms with E-state index in [0.717, 1.165) is 5.69 Å². The van der Waals surface area contributed by atoms with E-state index in [-0.39, 0.29) is 24.1 Å².